The van der Waals surface area contributed by atoms with Crippen LogP contribution in [-0.4, -0.2) is 19.7 Å². The van der Waals surface area contributed by atoms with Crippen molar-refractivity contribution in [3.8, 4) is 17.5 Å². The van der Waals surface area contributed by atoms with Crippen LogP contribution in [0.25, 0.3) is 11.5 Å². The molecule has 4 rings (SSSR count). The van der Waals surface area contributed by atoms with Gasteiger partial charge in [-0.1, -0.05) is 6.07 Å². The second-order valence-corrected chi connectivity index (χ2v) is 6.07. The van der Waals surface area contributed by atoms with E-state index in [4.69, 9.17) is 9.68 Å². The molecule has 2 aromatic heterocycles. The maximum absolute atomic E-state index is 12.8. The summed E-state index contributed by atoms with van der Waals surface area (Å²) in [6.07, 6.45) is -2.45. The predicted molar refractivity (Wildman–Crippen MR) is 82.7 cm³/mol. The average Bonchev–Trinajstić information content (AvgIpc) is 3.28. The number of aromatic nitrogens is 4. The molecule has 0 bridgehead atoms. The lowest BCUT2D eigenvalue weighted by Gasteiger charge is -2.20. The Kier molecular flexibility index (Phi) is 3.76. The second-order valence-electron chi connectivity index (χ2n) is 6.07. The Hall–Kier alpha value is -3.15. The Morgan fingerprint density at radius 1 is 1.27 bits per heavy atom. The van der Waals surface area contributed by atoms with Gasteiger partial charge < -0.3 is 8.98 Å². The maximum atomic E-state index is 12.8. The Bertz CT molecular complexity index is 998. The van der Waals surface area contributed by atoms with Crippen molar-refractivity contribution in [2.75, 3.05) is 0 Å². The number of alkyl halides is 3. The van der Waals surface area contributed by atoms with Crippen molar-refractivity contribution in [3.05, 3.63) is 53.4 Å². The Morgan fingerprint density at radius 2 is 2.12 bits per heavy atom. The monoisotopic (exact) mass is 359 g/mol. The molecule has 0 aliphatic carbocycles. The number of rotatable bonds is 2. The lowest BCUT2D eigenvalue weighted by molar-refractivity contribution is -0.141. The van der Waals surface area contributed by atoms with E-state index in [2.05, 4.69) is 15.2 Å². The number of nitrogens with zero attached hydrogens (tertiary/aromatic N) is 5. The molecular weight excluding hydrogens is 347 g/mol. The summed E-state index contributed by atoms with van der Waals surface area (Å²) in [5.74, 6) is 0.882. The first kappa shape index (κ1) is 16.3. The molecule has 1 atom stereocenters. The van der Waals surface area contributed by atoms with E-state index in [1.165, 1.54) is 4.57 Å². The molecule has 1 unspecified atom stereocenters. The van der Waals surface area contributed by atoms with E-state index in [9.17, 15) is 13.2 Å². The van der Waals surface area contributed by atoms with Crippen molar-refractivity contribution in [2.24, 2.45) is 0 Å². The molecule has 0 fully saturated rings. The number of halogens is 3. The van der Waals surface area contributed by atoms with Crippen LogP contribution in [0, 0.1) is 11.3 Å². The predicted octanol–water partition coefficient (Wildman–Crippen LogP) is 3.55. The first-order chi connectivity index (χ1) is 12.4. The molecule has 6 nitrogen and oxygen atoms in total. The van der Waals surface area contributed by atoms with Crippen LogP contribution in [0.5, 0.6) is 0 Å². The number of hydrogen-bond acceptors (Lipinski definition) is 5. The van der Waals surface area contributed by atoms with Crippen molar-refractivity contribution < 1.29 is 17.6 Å². The zero-order valence-electron chi connectivity index (χ0n) is 13.4. The minimum Gasteiger partial charge on any atom is -0.420 e. The van der Waals surface area contributed by atoms with Gasteiger partial charge in [0, 0.05) is 24.7 Å². The minimum atomic E-state index is -4.46. The van der Waals surface area contributed by atoms with Crippen molar-refractivity contribution in [2.45, 2.75) is 31.5 Å². The highest BCUT2D eigenvalue weighted by Crippen LogP contribution is 2.33. The summed E-state index contributed by atoms with van der Waals surface area (Å²) >= 11 is 0. The van der Waals surface area contributed by atoms with Crippen LogP contribution in [0.3, 0.4) is 0 Å². The number of imidazole rings is 1. The summed E-state index contributed by atoms with van der Waals surface area (Å²) < 4.78 is 45.6. The summed E-state index contributed by atoms with van der Waals surface area (Å²) in [5.41, 5.74) is 0.219. The van der Waals surface area contributed by atoms with E-state index in [1.807, 2.05) is 6.07 Å². The third-order valence-electron chi connectivity index (χ3n) is 4.31. The van der Waals surface area contributed by atoms with Crippen LogP contribution in [0.15, 0.2) is 34.9 Å². The summed E-state index contributed by atoms with van der Waals surface area (Å²) in [4.78, 5) is 3.66. The van der Waals surface area contributed by atoms with Gasteiger partial charge in [-0.25, -0.2) is 4.98 Å². The molecule has 3 aromatic rings. The fourth-order valence-corrected chi connectivity index (χ4v) is 3.02. The number of fused-ring (bicyclic) bond motifs is 1. The average molecular weight is 359 g/mol. The van der Waals surface area contributed by atoms with E-state index in [-0.39, 0.29) is 11.8 Å². The first-order valence-corrected chi connectivity index (χ1v) is 7.91. The van der Waals surface area contributed by atoms with Crippen molar-refractivity contribution in [1.82, 2.24) is 19.7 Å². The summed E-state index contributed by atoms with van der Waals surface area (Å²) in [6, 6.07) is 8.82. The smallest absolute Gasteiger partial charge is 0.420 e. The summed E-state index contributed by atoms with van der Waals surface area (Å²) in [6.45, 7) is 0.304. The Morgan fingerprint density at radius 3 is 2.88 bits per heavy atom. The molecule has 0 N–H and O–H groups in total. The SMILES string of the molecule is N#Cc1cccc(-c2nnc(C3CCc4nc(C(F)(F)F)cn4C3)o2)c1. The third-order valence-corrected chi connectivity index (χ3v) is 4.31. The molecule has 0 saturated heterocycles. The van der Waals surface area contributed by atoms with Crippen molar-refractivity contribution in [3.63, 3.8) is 0 Å². The molecule has 0 saturated carbocycles. The van der Waals surface area contributed by atoms with Gasteiger partial charge in [-0.2, -0.15) is 18.4 Å². The molecular formula is C17H12F3N5O. The summed E-state index contributed by atoms with van der Waals surface area (Å²) in [7, 11) is 0. The zero-order valence-corrected chi connectivity index (χ0v) is 13.4. The Balaban J connectivity index is 1.57. The summed E-state index contributed by atoms with van der Waals surface area (Å²) in [5, 5.41) is 17.0. The fourth-order valence-electron chi connectivity index (χ4n) is 3.02. The van der Waals surface area contributed by atoms with Crippen LogP contribution in [0.4, 0.5) is 13.2 Å². The van der Waals surface area contributed by atoms with E-state index in [1.54, 1.807) is 24.3 Å². The van der Waals surface area contributed by atoms with Gasteiger partial charge in [0.05, 0.1) is 17.6 Å². The molecule has 1 aromatic carbocycles. The molecule has 3 heterocycles. The molecule has 0 radical (unpaired) electrons. The van der Waals surface area contributed by atoms with Gasteiger partial charge in [0.2, 0.25) is 11.8 Å². The van der Waals surface area contributed by atoms with Crippen molar-refractivity contribution >= 4 is 0 Å². The third kappa shape index (κ3) is 2.94. The quantitative estimate of drug-likeness (QED) is 0.699. The van der Waals surface area contributed by atoms with Gasteiger partial charge in [-0.3, -0.25) is 0 Å². The normalized spacial score (nSPS) is 16.9. The first-order valence-electron chi connectivity index (χ1n) is 7.91. The lowest BCUT2D eigenvalue weighted by atomic mass is 9.99. The van der Waals surface area contributed by atoms with Crippen LogP contribution in [0.2, 0.25) is 0 Å². The highest BCUT2D eigenvalue weighted by molar-refractivity contribution is 5.55. The van der Waals surface area contributed by atoms with Gasteiger partial charge in [0.25, 0.3) is 0 Å². The van der Waals surface area contributed by atoms with E-state index < -0.39 is 11.9 Å². The highest BCUT2D eigenvalue weighted by atomic mass is 19.4. The van der Waals surface area contributed by atoms with Crippen LogP contribution in [-0.2, 0) is 19.1 Å². The van der Waals surface area contributed by atoms with Gasteiger partial charge in [-0.05, 0) is 24.6 Å². The fraction of sp³-hybridized carbons (Fsp3) is 0.294. The van der Waals surface area contributed by atoms with Gasteiger partial charge in [0.1, 0.15) is 5.82 Å². The van der Waals surface area contributed by atoms with Crippen LogP contribution >= 0.6 is 0 Å². The lowest BCUT2D eigenvalue weighted by Crippen LogP contribution is -2.18. The largest absolute Gasteiger partial charge is 0.434 e. The van der Waals surface area contributed by atoms with E-state index in [0.29, 0.717) is 42.2 Å². The standard InChI is InChI=1S/C17H12F3N5O/c18-17(19,20)13-9-25-8-12(4-5-14(25)22-13)16-24-23-15(26-16)11-3-1-2-10(6-11)7-21/h1-3,6,9,12H,4-5,8H2. The molecule has 9 heteroatoms. The second kappa shape index (κ2) is 5.98. The molecule has 26 heavy (non-hydrogen) atoms. The number of aryl methyl sites for hydroxylation is 1. The van der Waals surface area contributed by atoms with Crippen molar-refractivity contribution in [1.29, 1.82) is 5.26 Å². The van der Waals surface area contributed by atoms with E-state index >= 15 is 0 Å². The zero-order chi connectivity index (χ0) is 18.3. The molecule has 1 aliphatic heterocycles. The maximum Gasteiger partial charge on any atom is 0.434 e. The molecule has 132 valence electrons. The highest BCUT2D eigenvalue weighted by Gasteiger charge is 2.36. The van der Waals surface area contributed by atoms with Crippen LogP contribution in [0.1, 0.15) is 35.3 Å². The van der Waals surface area contributed by atoms with Gasteiger partial charge >= 0.3 is 6.18 Å². The number of benzene rings is 1. The van der Waals surface area contributed by atoms with Gasteiger partial charge in [-0.15, -0.1) is 10.2 Å². The number of nitriles is 1. The molecule has 1 aliphatic rings. The van der Waals surface area contributed by atoms with E-state index in [0.717, 1.165) is 6.20 Å². The van der Waals surface area contributed by atoms with Crippen LogP contribution < -0.4 is 0 Å². The van der Waals surface area contributed by atoms with Gasteiger partial charge in [0.15, 0.2) is 5.69 Å². The minimum absolute atomic E-state index is 0.182. The number of hydrogen-bond donors (Lipinski definition) is 0. The molecule has 0 spiro atoms. The molecule has 0 amide bonds. The Labute approximate surface area is 145 Å². The topological polar surface area (TPSA) is 80.5 Å².